The molecule has 3 aromatic rings. The van der Waals surface area contributed by atoms with Gasteiger partial charge in [-0.3, -0.25) is 0 Å². The maximum Gasteiger partial charge on any atom is 0.231 e. The number of anilines is 2. The van der Waals surface area contributed by atoms with E-state index in [0.717, 1.165) is 36.8 Å². The molecule has 0 aliphatic carbocycles. The van der Waals surface area contributed by atoms with Gasteiger partial charge in [0.15, 0.2) is 23.0 Å². The van der Waals surface area contributed by atoms with Gasteiger partial charge in [-0.25, -0.2) is 9.97 Å². The summed E-state index contributed by atoms with van der Waals surface area (Å²) in [5.74, 6) is 3.62. The molecule has 0 atom stereocenters. The number of fused-ring (bicyclic) bond motifs is 2. The second kappa shape index (κ2) is 11.2. The van der Waals surface area contributed by atoms with Gasteiger partial charge in [0.05, 0.1) is 24.3 Å². The fraction of sp³-hybridized carbons (Fsp3) is 0.364. The van der Waals surface area contributed by atoms with Crippen LogP contribution in [0.1, 0.15) is 12.8 Å². The van der Waals surface area contributed by atoms with Crippen LogP contribution in [0, 0.1) is 5.92 Å². The average molecular weight is 516 g/mol. The Morgan fingerprint density at radius 1 is 1.12 bits per heavy atom. The Morgan fingerprint density at radius 3 is 2.73 bits per heavy atom. The van der Waals surface area contributed by atoms with Crippen molar-refractivity contribution in [2.45, 2.75) is 12.8 Å². The predicted molar refractivity (Wildman–Crippen MR) is 133 cm³/mol. The molecule has 0 saturated carbocycles. The molecule has 0 radical (unpaired) electrons. The first-order chi connectivity index (χ1) is 15.2. The van der Waals surface area contributed by atoms with E-state index in [-0.39, 0.29) is 31.6 Å². The Labute approximate surface area is 209 Å². The number of hydrogen-bond donors (Lipinski definition) is 2. The second-order valence-electron chi connectivity index (χ2n) is 7.53. The summed E-state index contributed by atoms with van der Waals surface area (Å²) in [6.45, 7) is 2.88. The van der Waals surface area contributed by atoms with Crippen LogP contribution in [-0.2, 0) is 0 Å². The first-order valence-corrected chi connectivity index (χ1v) is 10.6. The van der Waals surface area contributed by atoms with Crippen molar-refractivity contribution in [1.82, 2.24) is 15.3 Å². The Kier molecular flexibility index (Phi) is 8.53. The van der Waals surface area contributed by atoms with Crippen LogP contribution in [0.4, 0.5) is 11.5 Å². The number of hydrogen-bond acceptors (Lipinski definition) is 8. The molecule has 0 bridgehead atoms. The van der Waals surface area contributed by atoms with Gasteiger partial charge in [0.1, 0.15) is 17.8 Å². The average Bonchev–Trinajstić information content (AvgIpc) is 3.29. The number of aromatic nitrogens is 2. The van der Waals surface area contributed by atoms with Crippen molar-refractivity contribution < 1.29 is 18.9 Å². The lowest BCUT2D eigenvalue weighted by Gasteiger charge is -2.23. The van der Waals surface area contributed by atoms with E-state index in [0.29, 0.717) is 52.1 Å². The number of nitrogens with one attached hydrogen (secondary N) is 2. The summed E-state index contributed by atoms with van der Waals surface area (Å²) < 4.78 is 22.8. The van der Waals surface area contributed by atoms with Crippen LogP contribution in [0.5, 0.6) is 23.0 Å². The van der Waals surface area contributed by atoms with Crippen molar-refractivity contribution in [2.75, 3.05) is 38.9 Å². The molecule has 2 aliphatic rings. The van der Waals surface area contributed by atoms with Crippen LogP contribution in [0.25, 0.3) is 10.9 Å². The highest BCUT2D eigenvalue weighted by molar-refractivity contribution is 6.34. The van der Waals surface area contributed by atoms with Crippen molar-refractivity contribution in [2.24, 2.45) is 5.92 Å². The fourth-order valence-corrected chi connectivity index (χ4v) is 4.07. The Morgan fingerprint density at radius 2 is 1.94 bits per heavy atom. The smallest absolute Gasteiger partial charge is 0.231 e. The number of halogens is 3. The third-order valence-corrected chi connectivity index (χ3v) is 5.90. The number of piperidine rings is 1. The Hall–Kier alpha value is -2.39. The number of rotatable bonds is 6. The number of nitrogens with zero attached hydrogens (tertiary/aromatic N) is 2. The van der Waals surface area contributed by atoms with E-state index in [1.54, 1.807) is 19.2 Å². The van der Waals surface area contributed by atoms with Crippen molar-refractivity contribution in [3.05, 3.63) is 35.6 Å². The number of benzene rings is 2. The maximum atomic E-state index is 6.42. The molecule has 1 aromatic heterocycles. The highest BCUT2D eigenvalue weighted by Gasteiger charge is 2.22. The molecule has 1 saturated heterocycles. The van der Waals surface area contributed by atoms with E-state index in [1.165, 1.54) is 6.33 Å². The molecule has 1 fully saturated rings. The molecule has 5 rings (SSSR count). The zero-order chi connectivity index (χ0) is 21.2. The molecule has 11 heteroatoms. The molecule has 2 aromatic carbocycles. The molecule has 3 heterocycles. The lowest BCUT2D eigenvalue weighted by atomic mass is 9.99. The summed E-state index contributed by atoms with van der Waals surface area (Å²) in [4.78, 5) is 8.84. The lowest BCUT2D eigenvalue weighted by Crippen LogP contribution is -2.30. The predicted octanol–water partition coefficient (Wildman–Crippen LogP) is 4.99. The summed E-state index contributed by atoms with van der Waals surface area (Å²) in [5, 5.41) is 7.94. The van der Waals surface area contributed by atoms with Gasteiger partial charge in [-0.15, -0.1) is 24.8 Å². The van der Waals surface area contributed by atoms with E-state index in [1.807, 2.05) is 12.1 Å². The molecule has 0 spiro atoms. The monoisotopic (exact) mass is 514 g/mol. The molecule has 0 amide bonds. The molecule has 2 aliphatic heterocycles. The largest absolute Gasteiger partial charge is 0.493 e. The van der Waals surface area contributed by atoms with E-state index in [9.17, 15) is 0 Å². The van der Waals surface area contributed by atoms with Crippen LogP contribution in [0.15, 0.2) is 30.6 Å². The Balaban J connectivity index is 0.00000153. The quantitative estimate of drug-likeness (QED) is 0.475. The van der Waals surface area contributed by atoms with Crippen molar-refractivity contribution in [3.63, 3.8) is 0 Å². The van der Waals surface area contributed by atoms with Crippen molar-refractivity contribution in [1.29, 1.82) is 0 Å². The van der Waals surface area contributed by atoms with Gasteiger partial charge in [0.25, 0.3) is 0 Å². The van der Waals surface area contributed by atoms with Gasteiger partial charge in [0, 0.05) is 11.5 Å². The minimum absolute atomic E-state index is 0. The molecular formula is C22H25Cl3N4O4. The minimum Gasteiger partial charge on any atom is -0.493 e. The van der Waals surface area contributed by atoms with Gasteiger partial charge in [0.2, 0.25) is 6.79 Å². The summed E-state index contributed by atoms with van der Waals surface area (Å²) in [6.07, 6.45) is 3.72. The second-order valence-corrected chi connectivity index (χ2v) is 7.94. The van der Waals surface area contributed by atoms with Gasteiger partial charge >= 0.3 is 0 Å². The normalized spacial score (nSPS) is 14.8. The van der Waals surface area contributed by atoms with Crippen LogP contribution in [0.2, 0.25) is 5.02 Å². The molecule has 0 unspecified atom stereocenters. The Bertz CT molecular complexity index is 1110. The third kappa shape index (κ3) is 5.24. The molecule has 178 valence electrons. The highest BCUT2D eigenvalue weighted by Crippen LogP contribution is 2.45. The van der Waals surface area contributed by atoms with E-state index in [4.69, 9.17) is 30.5 Å². The standard InChI is InChI=1S/C22H23ClN4O4.2ClH/c1-28-18-8-14-16(9-19(18)29-10-13-4-6-24-7-5-13)25-11-26-22(14)27-20-15(23)2-3-17-21(20)31-12-30-17;;/h2-3,8-9,11,13,24H,4-7,10,12H2,1H3,(H,25,26,27);2*1H. The first-order valence-electron chi connectivity index (χ1n) is 10.2. The SMILES string of the molecule is COc1cc2c(Nc3c(Cl)ccc4c3OCO4)ncnc2cc1OCC1CCNCC1.Cl.Cl. The third-order valence-electron chi connectivity index (χ3n) is 5.59. The highest BCUT2D eigenvalue weighted by atomic mass is 35.5. The van der Waals surface area contributed by atoms with E-state index >= 15 is 0 Å². The zero-order valence-corrected chi connectivity index (χ0v) is 20.3. The van der Waals surface area contributed by atoms with E-state index < -0.39 is 0 Å². The summed E-state index contributed by atoms with van der Waals surface area (Å²) >= 11 is 6.42. The number of methoxy groups -OCH3 is 1. The maximum absolute atomic E-state index is 6.42. The fourth-order valence-electron chi connectivity index (χ4n) is 3.88. The zero-order valence-electron chi connectivity index (χ0n) is 17.9. The first kappa shape index (κ1) is 25.2. The molecule has 2 N–H and O–H groups in total. The van der Waals surface area contributed by atoms with E-state index in [2.05, 4.69) is 20.6 Å². The van der Waals surface area contributed by atoms with Crippen molar-refractivity contribution in [3.8, 4) is 23.0 Å². The van der Waals surface area contributed by atoms with Crippen LogP contribution >= 0.6 is 36.4 Å². The van der Waals surface area contributed by atoms with Crippen LogP contribution in [0.3, 0.4) is 0 Å². The number of ether oxygens (including phenoxy) is 4. The summed E-state index contributed by atoms with van der Waals surface area (Å²) in [5.41, 5.74) is 1.33. The minimum atomic E-state index is 0. The van der Waals surface area contributed by atoms with Gasteiger partial charge < -0.3 is 29.6 Å². The van der Waals surface area contributed by atoms with Crippen molar-refractivity contribution >= 4 is 58.8 Å². The van der Waals surface area contributed by atoms with Gasteiger partial charge in [-0.05, 0) is 50.0 Å². The van der Waals surface area contributed by atoms with Gasteiger partial charge in [-0.2, -0.15) is 0 Å². The lowest BCUT2D eigenvalue weighted by molar-refractivity contribution is 0.174. The molecule has 8 nitrogen and oxygen atoms in total. The van der Waals surface area contributed by atoms with Crippen LogP contribution < -0.4 is 29.6 Å². The summed E-state index contributed by atoms with van der Waals surface area (Å²) in [7, 11) is 1.63. The molecular weight excluding hydrogens is 491 g/mol. The van der Waals surface area contributed by atoms with Gasteiger partial charge in [-0.1, -0.05) is 11.6 Å². The molecule has 33 heavy (non-hydrogen) atoms. The topological polar surface area (TPSA) is 86.8 Å². The van der Waals surface area contributed by atoms with Crippen LogP contribution in [-0.4, -0.2) is 43.6 Å². The summed E-state index contributed by atoms with van der Waals surface area (Å²) in [6, 6.07) is 7.31.